The molecule has 98 heavy (non-hydrogen) atoms. The van der Waals surface area contributed by atoms with Crippen LogP contribution in [-0.4, -0.2) is 216 Å². The van der Waals surface area contributed by atoms with Gasteiger partial charge in [0.25, 0.3) is 0 Å². The summed E-state index contributed by atoms with van der Waals surface area (Å²) in [5.74, 6) is -5.50. The third-order valence-electron chi connectivity index (χ3n) is 22.3. The van der Waals surface area contributed by atoms with E-state index in [1.54, 1.807) is 54.4 Å². The van der Waals surface area contributed by atoms with E-state index in [-0.39, 0.29) is 99.2 Å². The van der Waals surface area contributed by atoms with Crippen LogP contribution in [-0.2, 0) is 57.0 Å². The van der Waals surface area contributed by atoms with Gasteiger partial charge in [-0.15, -0.1) is 0 Å². The summed E-state index contributed by atoms with van der Waals surface area (Å²) < 4.78 is 61.3. The Morgan fingerprint density at radius 2 is 0.806 bits per heavy atom. The number of ether oxygens (including phenoxy) is 10. The van der Waals surface area contributed by atoms with Gasteiger partial charge in [-0.1, -0.05) is 115 Å². The minimum absolute atomic E-state index is 0.0293. The molecule has 5 rings (SSSR count). The molecule has 0 radical (unpaired) electrons. The summed E-state index contributed by atoms with van der Waals surface area (Å²) in [6, 6.07) is 0. The van der Waals surface area contributed by atoms with E-state index in [2.05, 4.69) is 0 Å². The number of rotatable bonds is 16. The number of fused-ring (bicyclic) bond motifs is 4. The highest BCUT2D eigenvalue weighted by Gasteiger charge is 2.42. The summed E-state index contributed by atoms with van der Waals surface area (Å²) in [4.78, 5) is 27.8. The van der Waals surface area contributed by atoms with Crippen molar-refractivity contribution in [2.45, 2.75) is 333 Å². The van der Waals surface area contributed by atoms with Crippen molar-refractivity contribution >= 4 is 11.9 Å². The Morgan fingerprint density at radius 1 is 0.449 bits per heavy atom. The number of hydrogen-bond acceptors (Lipinski definition) is 20. The molecule has 5 aliphatic rings. The summed E-state index contributed by atoms with van der Waals surface area (Å²) in [5, 5.41) is 94.4. The quantitative estimate of drug-likeness (QED) is 0.0527. The Balaban J connectivity index is 1.36. The molecule has 2 saturated heterocycles. The van der Waals surface area contributed by atoms with Crippen molar-refractivity contribution in [1.82, 2.24) is 0 Å². The lowest BCUT2D eigenvalue weighted by molar-refractivity contribution is -0.158. The highest BCUT2D eigenvalue weighted by atomic mass is 16.6. The van der Waals surface area contributed by atoms with Crippen molar-refractivity contribution in [2.75, 3.05) is 28.4 Å². The first-order valence-corrected chi connectivity index (χ1v) is 37.1. The monoisotopic (exact) mass is 1390 g/mol. The maximum atomic E-state index is 13.9. The van der Waals surface area contributed by atoms with E-state index >= 15 is 0 Å². The minimum Gasteiger partial charge on any atom is -0.458 e. The second kappa shape index (κ2) is 43.1. The molecular formula is C78H132O20. The molecule has 0 aromatic carbocycles. The van der Waals surface area contributed by atoms with Gasteiger partial charge in [0.1, 0.15) is 12.2 Å². The van der Waals surface area contributed by atoms with Gasteiger partial charge in [0, 0.05) is 102 Å². The van der Waals surface area contributed by atoms with Gasteiger partial charge in [0.15, 0.2) is 0 Å². The van der Waals surface area contributed by atoms with Crippen LogP contribution in [0.15, 0.2) is 71.9 Å². The van der Waals surface area contributed by atoms with Crippen LogP contribution in [0, 0.1) is 47.3 Å². The number of aliphatic hydroxyl groups excluding tert-OH is 8. The van der Waals surface area contributed by atoms with Gasteiger partial charge in [0.05, 0.1) is 122 Å². The van der Waals surface area contributed by atoms with Crippen LogP contribution in [0.1, 0.15) is 199 Å². The Kier molecular flexibility index (Phi) is 37.6. The predicted molar refractivity (Wildman–Crippen MR) is 377 cm³/mol. The number of aliphatic hydroxyl groups is 8. The van der Waals surface area contributed by atoms with Crippen LogP contribution in [0.25, 0.3) is 0 Å². The smallest absolute Gasteiger partial charge is 0.331 e. The molecule has 8 N–H and O–H groups in total. The lowest BCUT2D eigenvalue weighted by Crippen LogP contribution is -2.45. The zero-order chi connectivity index (χ0) is 72.5. The van der Waals surface area contributed by atoms with Crippen LogP contribution < -0.4 is 0 Å². The second-order valence-corrected chi connectivity index (χ2v) is 30.3. The molecule has 0 saturated carbocycles. The molecule has 2 unspecified atom stereocenters. The molecule has 0 spiro atoms. The molecule has 0 amide bonds. The van der Waals surface area contributed by atoms with Gasteiger partial charge in [-0.05, 0) is 129 Å². The third kappa shape index (κ3) is 28.1. The van der Waals surface area contributed by atoms with E-state index in [4.69, 9.17) is 47.4 Å². The number of cyclic esters (lactones) is 2. The molecule has 564 valence electrons. The lowest BCUT2D eigenvalue weighted by Gasteiger charge is -2.38. The van der Waals surface area contributed by atoms with E-state index in [1.807, 2.05) is 106 Å². The number of hydrogen-bond donors (Lipinski definition) is 8. The SMILES string of the molecule is CO[C@H]1C[C@H](CC[C@H](C)[C@H](O)[C@H](C)C2OC(=O)/C=C/C(C)=C/C[C@H](O)C[C@@H]3C=CC[C@@H](C[C@H](OC)[C@@H](C)[C@@H](O)C[C@@H](O)[C@H](C)C([C@@H](C)[C@@H](O)[C@@H](C)CC[C@H]4C[C@H](OC)C[C@H](C)O4)OC(=O)/C=C/C(C)=C/C[C@H](O)C[C@@H]4C=CC[C@@H](C[C@H](OC)[C@@H](C)[C@@H](O)C[C@@H](O)[C@@H]2C)O4)O3)O[C@@H](C)C1. The zero-order valence-electron chi connectivity index (χ0n) is 62.3. The van der Waals surface area contributed by atoms with E-state index in [0.29, 0.717) is 62.5 Å². The zero-order valence-corrected chi connectivity index (χ0v) is 62.3. The van der Waals surface area contributed by atoms with Gasteiger partial charge < -0.3 is 88.2 Å². The summed E-state index contributed by atoms with van der Waals surface area (Å²) in [6.07, 6.45) is 14.1. The Morgan fingerprint density at radius 3 is 1.15 bits per heavy atom. The number of methoxy groups -OCH3 is 4. The van der Waals surface area contributed by atoms with Gasteiger partial charge in [0.2, 0.25) is 0 Å². The van der Waals surface area contributed by atoms with Crippen molar-refractivity contribution < 1.29 is 97.8 Å². The maximum Gasteiger partial charge on any atom is 0.331 e. The van der Waals surface area contributed by atoms with Crippen LogP contribution in [0.5, 0.6) is 0 Å². The van der Waals surface area contributed by atoms with E-state index in [9.17, 15) is 50.4 Å². The van der Waals surface area contributed by atoms with Crippen LogP contribution in [0.3, 0.4) is 0 Å². The first-order valence-electron chi connectivity index (χ1n) is 37.1. The normalized spacial score (nSPS) is 41.1. The highest BCUT2D eigenvalue weighted by molar-refractivity contribution is 5.83. The summed E-state index contributed by atoms with van der Waals surface area (Å²) in [5.41, 5.74) is 1.39. The first-order chi connectivity index (χ1) is 46.4. The Hall–Kier alpha value is -3.26. The van der Waals surface area contributed by atoms with Gasteiger partial charge in [-0.2, -0.15) is 0 Å². The van der Waals surface area contributed by atoms with Crippen LogP contribution in [0.2, 0.25) is 0 Å². The van der Waals surface area contributed by atoms with Crippen molar-refractivity contribution in [3.8, 4) is 0 Å². The minimum atomic E-state index is -1.16. The average Bonchev–Trinajstić information content (AvgIpc) is 0.853. The predicted octanol–water partition coefficient (Wildman–Crippen LogP) is 10.1. The first kappa shape index (κ1) is 85.4. The number of carbonyl (C=O) groups is 2. The lowest BCUT2D eigenvalue weighted by atomic mass is 9.78. The molecule has 5 aliphatic heterocycles. The van der Waals surface area contributed by atoms with Gasteiger partial charge in [-0.25, -0.2) is 9.59 Å². The number of allylic oxidation sites excluding steroid dienone is 4. The fourth-order valence-corrected chi connectivity index (χ4v) is 15.3. The largest absolute Gasteiger partial charge is 0.458 e. The van der Waals surface area contributed by atoms with E-state index in [0.717, 1.165) is 25.7 Å². The van der Waals surface area contributed by atoms with Crippen molar-refractivity contribution in [3.63, 3.8) is 0 Å². The Labute approximate surface area is 587 Å². The number of carbonyl (C=O) groups excluding carboxylic acids is 2. The molecule has 5 heterocycles. The van der Waals surface area contributed by atoms with Crippen molar-refractivity contribution in [3.05, 3.63) is 71.9 Å². The molecule has 0 aromatic heterocycles. The molecule has 2 fully saturated rings. The maximum absolute atomic E-state index is 13.9. The van der Waals surface area contributed by atoms with Gasteiger partial charge >= 0.3 is 11.9 Å². The molecule has 30 atom stereocenters. The second-order valence-electron chi connectivity index (χ2n) is 30.3. The van der Waals surface area contributed by atoms with E-state index in [1.165, 1.54) is 12.2 Å². The van der Waals surface area contributed by atoms with Crippen molar-refractivity contribution in [1.29, 1.82) is 0 Å². The molecule has 20 nitrogen and oxygen atoms in total. The topological polar surface area (TPSA) is 288 Å². The molecule has 4 bridgehead atoms. The fraction of sp³-hybridized carbons (Fsp3) is 0.821. The average molecular weight is 1390 g/mol. The van der Waals surface area contributed by atoms with E-state index < -0.39 is 133 Å². The standard InChI is InChI=1S/C78H132O20/c1-45-23-29-57(79)37-59-19-17-21-61(95-59)41-71(91-15)52(8)68(82)44-70(84)54(10)78(56(12)76(88)48(4)28-32-64-40-66(90-14)36-50(6)94-64)98-74(86)34-26-46(2)24-30-58(80)38-60-20-18-22-62(96-60)42-72(92-16)51(7)67(81)43-69(83)53(9)77(97-73(85)33-25-45)55(11)75(87)47(3)27-31-63-39-65(89-13)35-49(5)93-63/h17-20,23-26,33-34,47-72,75-84,87-88H,21-22,27-32,35-44H2,1-16H3/b33-25+,34-26+,45-23+,46-24+/t47-,48-,49-,50-,51-,52-,53-,54-,55-,56-,57-,58-,59-,60-,61-,62-,63-,64-,65+,66+,67-,68-,69+,70+,71-,72-,75-,76-,77?,78?/m0/s1. The highest BCUT2D eigenvalue weighted by Crippen LogP contribution is 2.37. The molecular weight excluding hydrogens is 1260 g/mol. The third-order valence-corrected chi connectivity index (χ3v) is 22.3. The van der Waals surface area contributed by atoms with Gasteiger partial charge in [-0.3, -0.25) is 0 Å². The summed E-state index contributed by atoms with van der Waals surface area (Å²) in [7, 11) is 6.58. The number of esters is 2. The molecule has 0 aliphatic carbocycles. The molecule has 20 heteroatoms. The van der Waals surface area contributed by atoms with Crippen LogP contribution in [0.4, 0.5) is 0 Å². The fourth-order valence-electron chi connectivity index (χ4n) is 15.3. The molecule has 0 aromatic rings. The summed E-state index contributed by atoms with van der Waals surface area (Å²) in [6.45, 7) is 22.5. The van der Waals surface area contributed by atoms with Crippen LogP contribution >= 0.6 is 0 Å². The van der Waals surface area contributed by atoms with Crippen molar-refractivity contribution in [2.24, 2.45) is 47.3 Å². The Bertz CT molecular complexity index is 2320. The summed E-state index contributed by atoms with van der Waals surface area (Å²) >= 11 is 0.